The molecule has 1 N–H and O–H groups in total. The van der Waals surface area contributed by atoms with Crippen LogP contribution in [0.15, 0.2) is 42.6 Å². The Kier molecular flexibility index (Phi) is 5.23. The SMILES string of the molecule is Cn1cc(OC(=O)Nc2ccccc2-c2cc(F)c(F)cc2F)c(C(F)(F)F)n1. The number of para-hydroxylation sites is 1. The molecule has 0 saturated carbocycles. The van der Waals surface area contributed by atoms with Gasteiger partial charge in [0.15, 0.2) is 17.4 Å². The molecule has 3 rings (SSSR count). The molecule has 0 bridgehead atoms. The standard InChI is InChI=1S/C18H11F6N3O2/c1-27-8-15(16(26-27)18(22,23)24)29-17(28)25-14-5-3-2-4-9(14)10-6-12(20)13(21)7-11(10)19/h2-8H,1H3,(H,25,28). The molecule has 0 aliphatic heterocycles. The van der Waals surface area contributed by atoms with Gasteiger partial charge in [-0.15, -0.1) is 0 Å². The van der Waals surface area contributed by atoms with Crippen molar-refractivity contribution in [1.82, 2.24) is 9.78 Å². The van der Waals surface area contributed by atoms with E-state index in [1.54, 1.807) is 0 Å². The third-order valence-electron chi connectivity index (χ3n) is 3.73. The molecular weight excluding hydrogens is 404 g/mol. The van der Waals surface area contributed by atoms with Crippen molar-refractivity contribution < 1.29 is 35.9 Å². The fourth-order valence-corrected chi connectivity index (χ4v) is 2.53. The predicted molar refractivity (Wildman–Crippen MR) is 89.6 cm³/mol. The van der Waals surface area contributed by atoms with E-state index in [0.29, 0.717) is 12.1 Å². The molecule has 152 valence electrons. The van der Waals surface area contributed by atoms with Gasteiger partial charge in [0, 0.05) is 24.2 Å². The van der Waals surface area contributed by atoms with Crippen molar-refractivity contribution in [2.45, 2.75) is 6.18 Å². The second-order valence-corrected chi connectivity index (χ2v) is 5.82. The van der Waals surface area contributed by atoms with Crippen molar-refractivity contribution in [3.63, 3.8) is 0 Å². The molecule has 11 heteroatoms. The molecule has 1 heterocycles. The van der Waals surface area contributed by atoms with Crippen molar-refractivity contribution in [2.75, 3.05) is 5.32 Å². The highest BCUT2D eigenvalue weighted by Crippen LogP contribution is 2.35. The summed E-state index contributed by atoms with van der Waals surface area (Å²) in [5.74, 6) is -4.65. The van der Waals surface area contributed by atoms with Crippen LogP contribution in [0, 0.1) is 17.5 Å². The number of hydrogen-bond acceptors (Lipinski definition) is 3. The van der Waals surface area contributed by atoms with Crippen LogP contribution in [0.3, 0.4) is 0 Å². The van der Waals surface area contributed by atoms with E-state index in [1.807, 2.05) is 0 Å². The number of halogens is 6. The van der Waals surface area contributed by atoms with Crippen LogP contribution < -0.4 is 10.1 Å². The molecule has 0 aliphatic rings. The van der Waals surface area contributed by atoms with Crippen molar-refractivity contribution in [3.05, 3.63) is 65.7 Å². The smallest absolute Gasteiger partial charge is 0.406 e. The Morgan fingerprint density at radius 1 is 1.03 bits per heavy atom. The molecule has 0 saturated heterocycles. The summed E-state index contributed by atoms with van der Waals surface area (Å²) in [5, 5.41) is 5.35. The number of aromatic nitrogens is 2. The molecule has 0 unspecified atom stereocenters. The van der Waals surface area contributed by atoms with Gasteiger partial charge in [0.05, 0.1) is 11.9 Å². The first-order valence-corrected chi connectivity index (χ1v) is 7.90. The van der Waals surface area contributed by atoms with E-state index in [1.165, 1.54) is 31.3 Å². The molecule has 0 radical (unpaired) electrons. The first kappa shape index (κ1) is 20.2. The fourth-order valence-electron chi connectivity index (χ4n) is 2.53. The van der Waals surface area contributed by atoms with Crippen LogP contribution in [0.5, 0.6) is 5.75 Å². The van der Waals surface area contributed by atoms with E-state index in [-0.39, 0.29) is 16.8 Å². The van der Waals surface area contributed by atoms with E-state index in [4.69, 9.17) is 0 Å². The minimum atomic E-state index is -4.86. The Bertz CT molecular complexity index is 1080. The highest BCUT2D eigenvalue weighted by Gasteiger charge is 2.38. The summed E-state index contributed by atoms with van der Waals surface area (Å²) in [6, 6.07) is 6.39. The highest BCUT2D eigenvalue weighted by atomic mass is 19.4. The Morgan fingerprint density at radius 2 is 1.69 bits per heavy atom. The first-order valence-electron chi connectivity index (χ1n) is 7.90. The zero-order valence-corrected chi connectivity index (χ0v) is 14.5. The van der Waals surface area contributed by atoms with Gasteiger partial charge in [-0.25, -0.2) is 18.0 Å². The molecule has 0 spiro atoms. The number of hydrogen-bond donors (Lipinski definition) is 1. The number of nitrogens with one attached hydrogen (secondary N) is 1. The van der Waals surface area contributed by atoms with E-state index in [9.17, 15) is 31.1 Å². The predicted octanol–water partition coefficient (Wildman–Crippen LogP) is 5.13. The molecule has 0 aliphatic carbocycles. The number of amides is 1. The van der Waals surface area contributed by atoms with Crippen LogP contribution in [0.4, 0.5) is 36.8 Å². The lowest BCUT2D eigenvalue weighted by molar-refractivity contribution is -0.142. The average molecular weight is 415 g/mol. The molecular formula is C18H11F6N3O2. The molecule has 0 fully saturated rings. The third kappa shape index (κ3) is 4.33. The van der Waals surface area contributed by atoms with Crippen LogP contribution in [-0.2, 0) is 13.2 Å². The van der Waals surface area contributed by atoms with Gasteiger partial charge >= 0.3 is 12.3 Å². The maximum absolute atomic E-state index is 14.1. The topological polar surface area (TPSA) is 56.1 Å². The Balaban J connectivity index is 1.90. The van der Waals surface area contributed by atoms with Crippen molar-refractivity contribution in [3.8, 4) is 16.9 Å². The van der Waals surface area contributed by atoms with Crippen molar-refractivity contribution in [1.29, 1.82) is 0 Å². The number of carbonyl (C=O) groups excluding carboxylic acids is 1. The quantitative estimate of drug-likeness (QED) is 0.477. The van der Waals surface area contributed by atoms with Gasteiger partial charge in [0.2, 0.25) is 5.69 Å². The molecule has 0 atom stereocenters. The molecule has 3 aromatic rings. The second kappa shape index (κ2) is 7.49. The zero-order valence-electron chi connectivity index (χ0n) is 14.5. The van der Waals surface area contributed by atoms with Gasteiger partial charge in [0.25, 0.3) is 0 Å². The van der Waals surface area contributed by atoms with Gasteiger partial charge in [-0.2, -0.15) is 18.3 Å². The Hall–Kier alpha value is -3.50. The monoisotopic (exact) mass is 415 g/mol. The summed E-state index contributed by atoms with van der Waals surface area (Å²) < 4.78 is 85.1. The van der Waals surface area contributed by atoms with Crippen LogP contribution in [-0.4, -0.2) is 15.9 Å². The van der Waals surface area contributed by atoms with Crippen molar-refractivity contribution >= 4 is 11.8 Å². The molecule has 29 heavy (non-hydrogen) atoms. The lowest BCUT2D eigenvalue weighted by Gasteiger charge is -2.12. The summed E-state index contributed by atoms with van der Waals surface area (Å²) in [6.07, 6.45) is -5.33. The number of aryl methyl sites for hydroxylation is 1. The van der Waals surface area contributed by atoms with Gasteiger partial charge in [0.1, 0.15) is 5.82 Å². The maximum Gasteiger partial charge on any atom is 0.438 e. The van der Waals surface area contributed by atoms with Crippen LogP contribution in [0.2, 0.25) is 0 Å². The number of ether oxygens (including phenoxy) is 1. The molecule has 5 nitrogen and oxygen atoms in total. The summed E-state index contributed by atoms with van der Waals surface area (Å²) in [5.41, 5.74) is -1.91. The Labute approximate surface area is 159 Å². The third-order valence-corrected chi connectivity index (χ3v) is 3.73. The van der Waals surface area contributed by atoms with Gasteiger partial charge < -0.3 is 4.74 Å². The second-order valence-electron chi connectivity index (χ2n) is 5.82. The van der Waals surface area contributed by atoms with E-state index < -0.39 is 41.2 Å². The van der Waals surface area contributed by atoms with E-state index in [0.717, 1.165) is 10.9 Å². The number of carbonyl (C=O) groups is 1. The largest absolute Gasteiger partial charge is 0.438 e. The minimum Gasteiger partial charge on any atom is -0.406 e. The lowest BCUT2D eigenvalue weighted by Crippen LogP contribution is -2.19. The number of anilines is 1. The van der Waals surface area contributed by atoms with Crippen LogP contribution >= 0.6 is 0 Å². The fraction of sp³-hybridized carbons (Fsp3) is 0.111. The zero-order chi connectivity index (χ0) is 21.3. The first-order chi connectivity index (χ1) is 13.6. The summed E-state index contributed by atoms with van der Waals surface area (Å²) in [7, 11) is 1.21. The number of alkyl halides is 3. The number of nitrogens with zero attached hydrogens (tertiary/aromatic N) is 2. The number of benzene rings is 2. The molecule has 2 aromatic carbocycles. The van der Waals surface area contributed by atoms with Crippen LogP contribution in [0.1, 0.15) is 5.69 Å². The van der Waals surface area contributed by atoms with Gasteiger partial charge in [-0.3, -0.25) is 10.00 Å². The van der Waals surface area contributed by atoms with Gasteiger partial charge in [-0.1, -0.05) is 18.2 Å². The van der Waals surface area contributed by atoms with Crippen LogP contribution in [0.25, 0.3) is 11.1 Å². The molecule has 1 amide bonds. The normalized spacial score (nSPS) is 11.4. The summed E-state index contributed by atoms with van der Waals surface area (Å²) in [4.78, 5) is 12.1. The highest BCUT2D eigenvalue weighted by molar-refractivity contribution is 5.92. The van der Waals surface area contributed by atoms with E-state index >= 15 is 0 Å². The molecule has 1 aromatic heterocycles. The van der Waals surface area contributed by atoms with Gasteiger partial charge in [-0.05, 0) is 12.1 Å². The number of rotatable bonds is 3. The minimum absolute atomic E-state index is 0.0388. The summed E-state index contributed by atoms with van der Waals surface area (Å²) >= 11 is 0. The van der Waals surface area contributed by atoms with Crippen molar-refractivity contribution in [2.24, 2.45) is 7.05 Å². The van der Waals surface area contributed by atoms with E-state index in [2.05, 4.69) is 15.2 Å². The summed E-state index contributed by atoms with van der Waals surface area (Å²) in [6.45, 7) is 0. The average Bonchev–Trinajstić information content (AvgIpc) is 2.99. The lowest BCUT2D eigenvalue weighted by atomic mass is 10.0. The maximum atomic E-state index is 14.1. The Morgan fingerprint density at radius 3 is 2.38 bits per heavy atom.